The van der Waals surface area contributed by atoms with Crippen molar-refractivity contribution in [1.29, 1.82) is 0 Å². The molecule has 1 unspecified atom stereocenters. The minimum atomic E-state index is -1.74. The smallest absolute Gasteiger partial charge is 0.219 e. The summed E-state index contributed by atoms with van der Waals surface area (Å²) in [6.45, 7) is -0.0991. The van der Waals surface area contributed by atoms with Crippen LogP contribution in [0.25, 0.3) is 0 Å². The van der Waals surface area contributed by atoms with Gasteiger partial charge in [-0.3, -0.25) is 0 Å². The van der Waals surface area contributed by atoms with Gasteiger partial charge in [-0.2, -0.15) is 0 Å². The maximum atomic E-state index is 9.35. The second-order valence-corrected chi connectivity index (χ2v) is 5.63. The number of alkyl halides is 3. The van der Waals surface area contributed by atoms with Gasteiger partial charge in [-0.15, -0.1) is 0 Å². The highest BCUT2D eigenvalue weighted by Crippen LogP contribution is 2.30. The highest BCUT2D eigenvalue weighted by Gasteiger charge is 2.31. The standard InChI is InChI=1S/C9H8Cl4O2/c10-6-1-3-7(4-2-6)15-5-8(14)9(11,12)13/h1-4,8,14H,5H2. The summed E-state index contributed by atoms with van der Waals surface area (Å²) in [5.74, 6) is 0.549. The van der Waals surface area contributed by atoms with Crippen molar-refractivity contribution in [2.75, 3.05) is 6.61 Å². The average molecular weight is 290 g/mol. The largest absolute Gasteiger partial charge is 0.491 e. The molecule has 1 rings (SSSR count). The Bertz CT molecular complexity index is 307. The third-order valence-corrected chi connectivity index (χ3v) is 2.61. The van der Waals surface area contributed by atoms with Crippen molar-refractivity contribution in [2.24, 2.45) is 0 Å². The SMILES string of the molecule is OC(COc1ccc(Cl)cc1)C(Cl)(Cl)Cl. The fourth-order valence-corrected chi connectivity index (χ4v) is 1.12. The molecule has 2 nitrogen and oxygen atoms in total. The molecule has 6 heteroatoms. The molecule has 0 aliphatic heterocycles. The Morgan fingerprint density at radius 1 is 1.20 bits per heavy atom. The van der Waals surface area contributed by atoms with Crippen molar-refractivity contribution in [3.63, 3.8) is 0 Å². The molecule has 0 spiro atoms. The average Bonchev–Trinajstić information content (AvgIpc) is 2.15. The van der Waals surface area contributed by atoms with Crippen LogP contribution >= 0.6 is 46.4 Å². The number of aliphatic hydroxyl groups is 1. The van der Waals surface area contributed by atoms with Gasteiger partial charge in [-0.25, -0.2) is 0 Å². The molecule has 0 aliphatic rings. The number of benzene rings is 1. The van der Waals surface area contributed by atoms with Gasteiger partial charge in [0.15, 0.2) is 0 Å². The van der Waals surface area contributed by atoms with E-state index in [1.807, 2.05) is 0 Å². The Hall–Kier alpha value is 0.140. The molecule has 0 radical (unpaired) electrons. The van der Waals surface area contributed by atoms with E-state index in [1.165, 1.54) is 0 Å². The number of rotatable bonds is 3. The van der Waals surface area contributed by atoms with Crippen LogP contribution in [0.1, 0.15) is 0 Å². The molecule has 0 aliphatic carbocycles. The molecule has 0 heterocycles. The molecule has 0 bridgehead atoms. The lowest BCUT2D eigenvalue weighted by atomic mass is 10.3. The van der Waals surface area contributed by atoms with Crippen LogP contribution in [0, 0.1) is 0 Å². The Kier molecular flexibility index (Phi) is 4.81. The van der Waals surface area contributed by atoms with Crippen LogP contribution in [0.4, 0.5) is 0 Å². The second kappa shape index (κ2) is 5.46. The molecule has 15 heavy (non-hydrogen) atoms. The van der Waals surface area contributed by atoms with Crippen LogP contribution in [0.15, 0.2) is 24.3 Å². The monoisotopic (exact) mass is 288 g/mol. The summed E-state index contributed by atoms with van der Waals surface area (Å²) in [6, 6.07) is 6.65. The highest BCUT2D eigenvalue weighted by atomic mass is 35.6. The van der Waals surface area contributed by atoms with Gasteiger partial charge in [0.2, 0.25) is 3.79 Å². The summed E-state index contributed by atoms with van der Waals surface area (Å²) in [6.07, 6.45) is -1.18. The fraction of sp³-hybridized carbons (Fsp3) is 0.333. The summed E-state index contributed by atoms with van der Waals surface area (Å²) in [4.78, 5) is 0. The molecule has 0 saturated carbocycles. The van der Waals surface area contributed by atoms with Gasteiger partial charge >= 0.3 is 0 Å². The third-order valence-electron chi connectivity index (χ3n) is 1.60. The molecule has 84 valence electrons. The van der Waals surface area contributed by atoms with Crippen LogP contribution in [0.3, 0.4) is 0 Å². The summed E-state index contributed by atoms with van der Waals surface area (Å²) in [5, 5.41) is 9.96. The first-order chi connectivity index (χ1) is 6.89. The Balaban J connectivity index is 2.47. The molecule has 0 aromatic heterocycles. The van der Waals surface area contributed by atoms with Crippen molar-refractivity contribution in [3.05, 3.63) is 29.3 Å². The molecule has 0 fully saturated rings. The van der Waals surface area contributed by atoms with E-state index in [-0.39, 0.29) is 6.61 Å². The van der Waals surface area contributed by atoms with E-state index < -0.39 is 9.90 Å². The van der Waals surface area contributed by atoms with Gasteiger partial charge in [-0.1, -0.05) is 46.4 Å². The van der Waals surface area contributed by atoms with Crippen LogP contribution < -0.4 is 4.74 Å². The van der Waals surface area contributed by atoms with Gasteiger partial charge in [0.05, 0.1) is 0 Å². The first-order valence-electron chi connectivity index (χ1n) is 4.03. The summed E-state index contributed by atoms with van der Waals surface area (Å²) in [5.41, 5.74) is 0. The zero-order valence-electron chi connectivity index (χ0n) is 7.46. The lowest BCUT2D eigenvalue weighted by molar-refractivity contribution is 0.110. The summed E-state index contributed by atoms with van der Waals surface area (Å²) < 4.78 is 3.44. The van der Waals surface area contributed by atoms with E-state index in [0.717, 1.165) is 0 Å². The lowest BCUT2D eigenvalue weighted by Crippen LogP contribution is -2.31. The van der Waals surface area contributed by atoms with Gasteiger partial charge in [-0.05, 0) is 24.3 Å². The van der Waals surface area contributed by atoms with Crippen molar-refractivity contribution in [3.8, 4) is 5.75 Å². The number of halogens is 4. The Morgan fingerprint density at radius 3 is 2.20 bits per heavy atom. The molecule has 1 aromatic carbocycles. The quantitative estimate of drug-likeness (QED) is 0.864. The zero-order chi connectivity index (χ0) is 11.5. The zero-order valence-corrected chi connectivity index (χ0v) is 10.5. The number of aliphatic hydroxyl groups excluding tert-OH is 1. The normalized spacial score (nSPS) is 13.7. The summed E-state index contributed by atoms with van der Waals surface area (Å²) in [7, 11) is 0. The molecule has 0 amide bonds. The maximum absolute atomic E-state index is 9.35. The maximum Gasteiger partial charge on any atom is 0.219 e. The molecular weight excluding hydrogens is 282 g/mol. The van der Waals surface area contributed by atoms with E-state index in [2.05, 4.69) is 0 Å². The van der Waals surface area contributed by atoms with E-state index in [9.17, 15) is 5.11 Å². The van der Waals surface area contributed by atoms with Crippen LogP contribution in [0.2, 0.25) is 5.02 Å². The third kappa shape index (κ3) is 4.66. The molecular formula is C9H8Cl4O2. The van der Waals surface area contributed by atoms with E-state index in [4.69, 9.17) is 51.1 Å². The predicted molar refractivity (Wildman–Crippen MR) is 63.2 cm³/mol. The first-order valence-corrected chi connectivity index (χ1v) is 5.54. The van der Waals surface area contributed by atoms with Crippen molar-refractivity contribution >= 4 is 46.4 Å². The lowest BCUT2D eigenvalue weighted by Gasteiger charge is -2.19. The van der Waals surface area contributed by atoms with E-state index in [0.29, 0.717) is 10.8 Å². The van der Waals surface area contributed by atoms with Crippen LogP contribution in [-0.2, 0) is 0 Å². The van der Waals surface area contributed by atoms with Crippen LogP contribution in [0.5, 0.6) is 5.75 Å². The van der Waals surface area contributed by atoms with Gasteiger partial charge in [0, 0.05) is 5.02 Å². The molecule has 1 N–H and O–H groups in total. The minimum Gasteiger partial charge on any atom is -0.491 e. The fourth-order valence-electron chi connectivity index (χ4n) is 0.800. The van der Waals surface area contributed by atoms with Crippen LogP contribution in [-0.4, -0.2) is 21.6 Å². The summed E-state index contributed by atoms with van der Waals surface area (Å²) >= 11 is 22.0. The second-order valence-electron chi connectivity index (χ2n) is 2.82. The van der Waals surface area contributed by atoms with Gasteiger partial charge < -0.3 is 9.84 Å². The van der Waals surface area contributed by atoms with Crippen molar-refractivity contribution < 1.29 is 9.84 Å². The number of hydrogen-bond acceptors (Lipinski definition) is 2. The van der Waals surface area contributed by atoms with Crippen molar-refractivity contribution in [1.82, 2.24) is 0 Å². The Morgan fingerprint density at radius 2 is 1.73 bits per heavy atom. The first kappa shape index (κ1) is 13.2. The molecule has 1 atom stereocenters. The number of hydrogen-bond donors (Lipinski definition) is 1. The Labute approximate surface area is 108 Å². The minimum absolute atomic E-state index is 0.0991. The number of ether oxygens (including phenoxy) is 1. The highest BCUT2D eigenvalue weighted by molar-refractivity contribution is 6.68. The molecule has 1 aromatic rings. The predicted octanol–water partition coefficient (Wildman–Crippen LogP) is 3.45. The van der Waals surface area contributed by atoms with Gasteiger partial charge in [0.1, 0.15) is 18.5 Å². The van der Waals surface area contributed by atoms with Gasteiger partial charge in [0.25, 0.3) is 0 Å². The van der Waals surface area contributed by atoms with E-state index in [1.54, 1.807) is 24.3 Å². The van der Waals surface area contributed by atoms with E-state index >= 15 is 0 Å². The molecule has 0 saturated heterocycles. The topological polar surface area (TPSA) is 29.5 Å². The van der Waals surface area contributed by atoms with Crippen molar-refractivity contribution in [2.45, 2.75) is 9.90 Å².